The molecule has 3 fully saturated rings. The zero-order valence-corrected chi connectivity index (χ0v) is 14.6. The summed E-state index contributed by atoms with van der Waals surface area (Å²) in [5.41, 5.74) is 0.304. The number of halogens is 1. The van der Waals surface area contributed by atoms with Crippen LogP contribution in [0.15, 0.2) is 24.3 Å². The van der Waals surface area contributed by atoms with Gasteiger partial charge in [0, 0.05) is 37.3 Å². The van der Waals surface area contributed by atoms with Crippen LogP contribution >= 0.6 is 0 Å². The molecule has 5 heteroatoms. The van der Waals surface area contributed by atoms with E-state index >= 15 is 0 Å². The Hall–Kier alpha value is -1.46. The highest BCUT2D eigenvalue weighted by molar-refractivity contribution is 5.94. The van der Waals surface area contributed by atoms with Crippen molar-refractivity contribution in [2.45, 2.75) is 38.2 Å². The number of piperidine rings is 1. The standard InChI is InChI=1S/C20H26FNO3/c21-17-4-1-3-16(11-17)19(23)22-9-7-18-20(13-22,8-2-10-25-18)14-24-12-15-5-6-15/h1,3-4,11,15,18H,2,5-10,12-14H2/t18-,20+/m1/s1. The number of benzene rings is 1. The molecule has 0 N–H and O–H groups in total. The largest absolute Gasteiger partial charge is 0.380 e. The summed E-state index contributed by atoms with van der Waals surface area (Å²) in [6.07, 6.45) is 5.57. The van der Waals surface area contributed by atoms with Crippen molar-refractivity contribution in [1.82, 2.24) is 4.90 Å². The molecule has 3 aliphatic rings. The lowest BCUT2D eigenvalue weighted by Crippen LogP contribution is -2.58. The predicted molar refractivity (Wildman–Crippen MR) is 91.9 cm³/mol. The fourth-order valence-electron chi connectivity index (χ4n) is 4.19. The quantitative estimate of drug-likeness (QED) is 0.821. The number of hydrogen-bond acceptors (Lipinski definition) is 3. The second-order valence-corrected chi connectivity index (χ2v) is 7.81. The lowest BCUT2D eigenvalue weighted by Gasteiger charge is -2.50. The summed E-state index contributed by atoms with van der Waals surface area (Å²) < 4.78 is 25.5. The molecule has 2 atom stereocenters. The number of hydrogen-bond donors (Lipinski definition) is 0. The van der Waals surface area contributed by atoms with E-state index < -0.39 is 0 Å². The van der Waals surface area contributed by atoms with Crippen molar-refractivity contribution in [2.75, 3.05) is 32.9 Å². The Labute approximate surface area is 148 Å². The Balaban J connectivity index is 1.47. The fourth-order valence-corrected chi connectivity index (χ4v) is 4.19. The van der Waals surface area contributed by atoms with Crippen molar-refractivity contribution in [1.29, 1.82) is 0 Å². The van der Waals surface area contributed by atoms with E-state index in [2.05, 4.69) is 0 Å². The van der Waals surface area contributed by atoms with Crippen LogP contribution in [0.25, 0.3) is 0 Å². The Morgan fingerprint density at radius 1 is 1.36 bits per heavy atom. The van der Waals surface area contributed by atoms with Crippen LogP contribution in [0.3, 0.4) is 0 Å². The molecule has 0 radical (unpaired) electrons. The molecule has 1 aromatic rings. The third-order valence-electron chi connectivity index (χ3n) is 5.79. The van der Waals surface area contributed by atoms with E-state index in [9.17, 15) is 9.18 Å². The van der Waals surface area contributed by atoms with Crippen LogP contribution in [-0.4, -0.2) is 49.8 Å². The van der Waals surface area contributed by atoms with Gasteiger partial charge < -0.3 is 14.4 Å². The minimum atomic E-state index is -0.371. The first-order chi connectivity index (χ1) is 12.2. The topological polar surface area (TPSA) is 38.8 Å². The van der Waals surface area contributed by atoms with Crippen LogP contribution in [0, 0.1) is 17.2 Å². The van der Waals surface area contributed by atoms with Gasteiger partial charge in [0.25, 0.3) is 5.91 Å². The summed E-state index contributed by atoms with van der Waals surface area (Å²) in [7, 11) is 0. The van der Waals surface area contributed by atoms with Gasteiger partial charge in [-0.05, 0) is 56.2 Å². The van der Waals surface area contributed by atoms with Crippen molar-refractivity contribution in [3.63, 3.8) is 0 Å². The van der Waals surface area contributed by atoms with Gasteiger partial charge in [-0.1, -0.05) is 6.07 Å². The van der Waals surface area contributed by atoms with Crippen LogP contribution in [0.5, 0.6) is 0 Å². The highest BCUT2D eigenvalue weighted by Crippen LogP contribution is 2.41. The van der Waals surface area contributed by atoms with Crippen LogP contribution in [0.2, 0.25) is 0 Å². The normalized spacial score (nSPS) is 29.3. The molecule has 4 rings (SSSR count). The summed E-state index contributed by atoms with van der Waals surface area (Å²) in [6.45, 7) is 3.57. The second kappa shape index (κ2) is 7.04. The molecule has 0 spiro atoms. The third-order valence-corrected chi connectivity index (χ3v) is 5.79. The van der Waals surface area contributed by atoms with E-state index in [-0.39, 0.29) is 23.2 Å². The monoisotopic (exact) mass is 347 g/mol. The molecule has 136 valence electrons. The van der Waals surface area contributed by atoms with Crippen molar-refractivity contribution in [3.8, 4) is 0 Å². The maximum absolute atomic E-state index is 13.5. The minimum Gasteiger partial charge on any atom is -0.380 e. The van der Waals surface area contributed by atoms with Gasteiger partial charge in [0.05, 0.1) is 12.7 Å². The van der Waals surface area contributed by atoms with Gasteiger partial charge in [-0.25, -0.2) is 4.39 Å². The molecule has 2 saturated heterocycles. The zero-order valence-electron chi connectivity index (χ0n) is 14.6. The van der Waals surface area contributed by atoms with Crippen molar-refractivity contribution in [3.05, 3.63) is 35.6 Å². The SMILES string of the molecule is O=C(c1cccc(F)c1)N1CC[C@H]2OCCC[C@@]2(COCC2CC2)C1. The number of amides is 1. The van der Waals surface area contributed by atoms with Crippen LogP contribution < -0.4 is 0 Å². The lowest BCUT2D eigenvalue weighted by atomic mass is 9.73. The summed E-state index contributed by atoms with van der Waals surface area (Å²) >= 11 is 0. The maximum atomic E-state index is 13.5. The van der Waals surface area contributed by atoms with Gasteiger partial charge in [0.15, 0.2) is 0 Å². The van der Waals surface area contributed by atoms with Gasteiger partial charge in [0.1, 0.15) is 5.82 Å². The minimum absolute atomic E-state index is 0.0925. The fraction of sp³-hybridized carbons (Fsp3) is 0.650. The first-order valence-corrected chi connectivity index (χ1v) is 9.40. The van der Waals surface area contributed by atoms with E-state index in [0.717, 1.165) is 38.4 Å². The molecule has 0 aromatic heterocycles. The number of ether oxygens (including phenoxy) is 2. The summed E-state index contributed by atoms with van der Waals surface area (Å²) in [5, 5.41) is 0. The summed E-state index contributed by atoms with van der Waals surface area (Å²) in [5.74, 6) is 0.266. The molecule has 2 heterocycles. The van der Waals surface area contributed by atoms with Crippen LogP contribution in [-0.2, 0) is 9.47 Å². The number of carbonyl (C=O) groups excluding carboxylic acids is 1. The highest BCUT2D eigenvalue weighted by atomic mass is 19.1. The molecule has 0 bridgehead atoms. The first kappa shape index (κ1) is 17.0. The average molecular weight is 347 g/mol. The molecule has 25 heavy (non-hydrogen) atoms. The summed E-state index contributed by atoms with van der Waals surface area (Å²) in [6, 6.07) is 5.96. The van der Waals surface area contributed by atoms with Gasteiger partial charge in [0.2, 0.25) is 0 Å². The number of nitrogens with zero attached hydrogens (tertiary/aromatic N) is 1. The van der Waals surface area contributed by atoms with Crippen LogP contribution in [0.1, 0.15) is 42.5 Å². The molecule has 2 aliphatic heterocycles. The molecule has 4 nitrogen and oxygen atoms in total. The maximum Gasteiger partial charge on any atom is 0.253 e. The molecule has 1 amide bonds. The lowest BCUT2D eigenvalue weighted by molar-refractivity contribution is -0.147. The van der Waals surface area contributed by atoms with Gasteiger partial charge in [-0.15, -0.1) is 0 Å². The van der Waals surface area contributed by atoms with Crippen LogP contribution in [0.4, 0.5) is 4.39 Å². The Morgan fingerprint density at radius 3 is 3.04 bits per heavy atom. The molecular weight excluding hydrogens is 321 g/mol. The number of likely N-dealkylation sites (tertiary alicyclic amines) is 1. The molecule has 1 aliphatic carbocycles. The second-order valence-electron chi connectivity index (χ2n) is 7.81. The Morgan fingerprint density at radius 2 is 2.24 bits per heavy atom. The van der Waals surface area contributed by atoms with Crippen molar-refractivity contribution < 1.29 is 18.7 Å². The number of rotatable bonds is 5. The number of fused-ring (bicyclic) bond motifs is 1. The van der Waals surface area contributed by atoms with E-state index in [1.807, 2.05) is 4.90 Å². The van der Waals surface area contributed by atoms with E-state index in [0.29, 0.717) is 25.3 Å². The van der Waals surface area contributed by atoms with Crippen molar-refractivity contribution in [2.24, 2.45) is 11.3 Å². The predicted octanol–water partition coefficient (Wildman–Crippen LogP) is 3.26. The highest BCUT2D eigenvalue weighted by Gasteiger charge is 2.47. The van der Waals surface area contributed by atoms with Gasteiger partial charge in [-0.2, -0.15) is 0 Å². The van der Waals surface area contributed by atoms with E-state index in [1.54, 1.807) is 12.1 Å². The molecule has 0 unspecified atom stereocenters. The summed E-state index contributed by atoms with van der Waals surface area (Å²) in [4.78, 5) is 14.7. The average Bonchev–Trinajstić information content (AvgIpc) is 3.45. The Kier molecular flexibility index (Phi) is 4.78. The zero-order chi connectivity index (χ0) is 17.3. The smallest absolute Gasteiger partial charge is 0.253 e. The van der Waals surface area contributed by atoms with Gasteiger partial charge >= 0.3 is 0 Å². The van der Waals surface area contributed by atoms with Gasteiger partial charge in [-0.3, -0.25) is 4.79 Å². The molecule has 1 saturated carbocycles. The van der Waals surface area contributed by atoms with E-state index in [1.165, 1.54) is 25.0 Å². The molecule has 1 aromatic carbocycles. The first-order valence-electron chi connectivity index (χ1n) is 9.40. The van der Waals surface area contributed by atoms with E-state index in [4.69, 9.17) is 9.47 Å². The molecular formula is C20H26FNO3. The van der Waals surface area contributed by atoms with Crippen molar-refractivity contribution >= 4 is 5.91 Å². The number of carbonyl (C=O) groups is 1. The third kappa shape index (κ3) is 3.72. The Bertz CT molecular complexity index is 633.